The van der Waals surface area contributed by atoms with E-state index in [4.69, 9.17) is 11.6 Å². The van der Waals surface area contributed by atoms with Crippen molar-refractivity contribution in [2.24, 2.45) is 0 Å². The van der Waals surface area contributed by atoms with Gasteiger partial charge >= 0.3 is 0 Å². The molecule has 0 aliphatic rings. The number of carbonyl (C=O) groups excluding carboxylic acids is 1. The average Bonchev–Trinajstić information content (AvgIpc) is 2.60. The lowest BCUT2D eigenvalue weighted by molar-refractivity contribution is 0.102. The lowest BCUT2D eigenvalue weighted by Crippen LogP contribution is -2.29. The number of nitrogens with zero attached hydrogens (tertiary/aromatic N) is 1. The summed E-state index contributed by atoms with van der Waals surface area (Å²) in [4.78, 5) is 25.1. The molecule has 0 unspecified atom stereocenters. The third-order valence-electron chi connectivity index (χ3n) is 3.67. The van der Waals surface area contributed by atoms with Crippen molar-refractivity contribution in [3.05, 3.63) is 97.8 Å². The van der Waals surface area contributed by atoms with Crippen molar-refractivity contribution >= 4 is 39.1 Å². The van der Waals surface area contributed by atoms with E-state index in [-0.39, 0.29) is 11.1 Å². The Morgan fingerprint density at radius 2 is 1.76 bits per heavy atom. The summed E-state index contributed by atoms with van der Waals surface area (Å²) < 4.78 is 2.38. The van der Waals surface area contributed by atoms with E-state index in [0.717, 1.165) is 10.0 Å². The van der Waals surface area contributed by atoms with Crippen LogP contribution >= 0.6 is 27.5 Å². The van der Waals surface area contributed by atoms with Gasteiger partial charge in [-0.2, -0.15) is 0 Å². The van der Waals surface area contributed by atoms with Gasteiger partial charge in [-0.15, -0.1) is 0 Å². The zero-order valence-corrected chi connectivity index (χ0v) is 15.4. The summed E-state index contributed by atoms with van der Waals surface area (Å²) in [5.74, 6) is -0.444. The van der Waals surface area contributed by atoms with Crippen LogP contribution in [0, 0.1) is 0 Å². The molecular weight excluding hydrogens is 404 g/mol. The number of pyridine rings is 1. The van der Waals surface area contributed by atoms with Crippen molar-refractivity contribution in [3.63, 3.8) is 0 Å². The smallest absolute Gasteiger partial charge is 0.263 e. The van der Waals surface area contributed by atoms with E-state index in [0.29, 0.717) is 17.3 Å². The number of rotatable bonds is 4. The van der Waals surface area contributed by atoms with Crippen molar-refractivity contribution in [3.8, 4) is 0 Å². The summed E-state index contributed by atoms with van der Waals surface area (Å²) in [7, 11) is 0. The van der Waals surface area contributed by atoms with Gasteiger partial charge in [0.1, 0.15) is 5.56 Å². The number of nitrogens with one attached hydrogen (secondary N) is 1. The van der Waals surface area contributed by atoms with Crippen molar-refractivity contribution in [2.75, 3.05) is 5.32 Å². The monoisotopic (exact) mass is 416 g/mol. The number of hydrogen-bond donors (Lipinski definition) is 1. The van der Waals surface area contributed by atoms with E-state index >= 15 is 0 Å². The fourth-order valence-corrected chi connectivity index (χ4v) is 2.84. The number of halogens is 2. The maximum atomic E-state index is 12.6. The molecule has 4 nitrogen and oxygen atoms in total. The minimum Gasteiger partial charge on any atom is -0.322 e. The van der Waals surface area contributed by atoms with Gasteiger partial charge in [0.15, 0.2) is 0 Å². The maximum Gasteiger partial charge on any atom is 0.263 e. The van der Waals surface area contributed by atoms with Crippen LogP contribution in [0.25, 0.3) is 0 Å². The average molecular weight is 418 g/mol. The molecule has 0 spiro atoms. The summed E-state index contributed by atoms with van der Waals surface area (Å²) in [6.07, 6.45) is 1.64. The standard InChI is InChI=1S/C19H14BrClN2O2/c20-14-7-9-15(10-8-14)22-18(24)16-5-3-11-23(19(16)25)12-13-4-1-2-6-17(13)21/h1-11H,12H2,(H,22,24). The highest BCUT2D eigenvalue weighted by atomic mass is 79.9. The topological polar surface area (TPSA) is 51.1 Å². The van der Waals surface area contributed by atoms with Crippen LogP contribution in [0.4, 0.5) is 5.69 Å². The Hall–Kier alpha value is -2.37. The first-order valence-corrected chi connectivity index (χ1v) is 8.71. The van der Waals surface area contributed by atoms with Gasteiger partial charge in [-0.3, -0.25) is 9.59 Å². The van der Waals surface area contributed by atoms with Crippen LogP contribution < -0.4 is 10.9 Å². The van der Waals surface area contributed by atoms with Gasteiger partial charge in [-0.1, -0.05) is 45.7 Å². The fourth-order valence-electron chi connectivity index (χ4n) is 2.38. The molecule has 0 bridgehead atoms. The Bertz CT molecular complexity index is 968. The van der Waals surface area contributed by atoms with Crippen LogP contribution in [0.3, 0.4) is 0 Å². The van der Waals surface area contributed by atoms with Crippen molar-refractivity contribution in [1.82, 2.24) is 4.57 Å². The molecule has 0 saturated carbocycles. The van der Waals surface area contributed by atoms with Gasteiger partial charge in [-0.25, -0.2) is 0 Å². The zero-order chi connectivity index (χ0) is 17.8. The van der Waals surface area contributed by atoms with Gasteiger partial charge in [0.2, 0.25) is 0 Å². The van der Waals surface area contributed by atoms with Crippen LogP contribution in [-0.2, 0) is 6.54 Å². The second-order valence-corrected chi connectivity index (χ2v) is 6.73. The first-order valence-electron chi connectivity index (χ1n) is 7.54. The van der Waals surface area contributed by atoms with E-state index in [1.54, 1.807) is 30.5 Å². The third kappa shape index (κ3) is 4.18. The summed E-state index contributed by atoms with van der Waals surface area (Å²) in [6.45, 7) is 0.303. The van der Waals surface area contributed by atoms with Crippen molar-refractivity contribution < 1.29 is 4.79 Å². The van der Waals surface area contributed by atoms with Gasteiger partial charge in [0.25, 0.3) is 11.5 Å². The summed E-state index contributed by atoms with van der Waals surface area (Å²) >= 11 is 9.49. The summed E-state index contributed by atoms with van der Waals surface area (Å²) in [5.41, 5.74) is 1.15. The lowest BCUT2D eigenvalue weighted by Gasteiger charge is -2.10. The normalized spacial score (nSPS) is 10.5. The minimum atomic E-state index is -0.444. The Morgan fingerprint density at radius 3 is 2.48 bits per heavy atom. The van der Waals surface area contributed by atoms with Gasteiger partial charge in [0.05, 0.1) is 6.54 Å². The number of hydrogen-bond acceptors (Lipinski definition) is 2. The van der Waals surface area contributed by atoms with E-state index in [1.165, 1.54) is 10.6 Å². The summed E-state index contributed by atoms with van der Waals surface area (Å²) in [5, 5.41) is 3.31. The molecule has 1 heterocycles. The van der Waals surface area contributed by atoms with Crippen LogP contribution in [0.5, 0.6) is 0 Å². The molecule has 0 saturated heterocycles. The molecule has 3 aromatic rings. The number of anilines is 1. The molecule has 0 aliphatic heterocycles. The van der Waals surface area contributed by atoms with Crippen LogP contribution in [0.1, 0.15) is 15.9 Å². The van der Waals surface area contributed by atoms with Crippen molar-refractivity contribution in [2.45, 2.75) is 6.54 Å². The Kier molecular flexibility index (Phi) is 5.36. The Balaban J connectivity index is 1.85. The minimum absolute atomic E-state index is 0.0810. The molecule has 1 aromatic heterocycles. The molecule has 0 atom stereocenters. The molecule has 126 valence electrons. The van der Waals surface area contributed by atoms with Crippen molar-refractivity contribution in [1.29, 1.82) is 0 Å². The first-order chi connectivity index (χ1) is 12.0. The third-order valence-corrected chi connectivity index (χ3v) is 4.56. The summed E-state index contributed by atoms with van der Waals surface area (Å²) in [6, 6.07) is 17.6. The molecule has 0 aliphatic carbocycles. The number of aromatic nitrogens is 1. The van der Waals surface area contributed by atoms with Crippen LogP contribution in [0.15, 0.2) is 76.1 Å². The molecular formula is C19H14BrClN2O2. The predicted octanol–water partition coefficient (Wildman–Crippen LogP) is 4.56. The molecule has 6 heteroatoms. The quantitative estimate of drug-likeness (QED) is 0.676. The van der Waals surface area contributed by atoms with E-state index in [2.05, 4.69) is 21.2 Å². The van der Waals surface area contributed by atoms with Gasteiger partial charge < -0.3 is 9.88 Å². The van der Waals surface area contributed by atoms with E-state index in [9.17, 15) is 9.59 Å². The molecule has 1 N–H and O–H groups in total. The van der Waals surface area contributed by atoms with Gasteiger partial charge in [0, 0.05) is 21.4 Å². The van der Waals surface area contributed by atoms with Crippen LogP contribution in [0.2, 0.25) is 5.02 Å². The highest BCUT2D eigenvalue weighted by Gasteiger charge is 2.13. The Morgan fingerprint density at radius 1 is 1.04 bits per heavy atom. The molecule has 1 amide bonds. The molecule has 25 heavy (non-hydrogen) atoms. The molecule has 0 radical (unpaired) electrons. The number of carbonyl (C=O) groups is 1. The molecule has 2 aromatic carbocycles. The van der Waals surface area contributed by atoms with E-state index in [1.807, 2.05) is 30.3 Å². The van der Waals surface area contributed by atoms with E-state index < -0.39 is 5.91 Å². The predicted molar refractivity (Wildman–Crippen MR) is 103 cm³/mol. The maximum absolute atomic E-state index is 12.6. The van der Waals surface area contributed by atoms with Crippen LogP contribution in [-0.4, -0.2) is 10.5 Å². The fraction of sp³-hybridized carbons (Fsp3) is 0.0526. The molecule has 3 rings (SSSR count). The zero-order valence-electron chi connectivity index (χ0n) is 13.1. The first kappa shape index (κ1) is 17.5. The lowest BCUT2D eigenvalue weighted by atomic mass is 10.2. The number of benzene rings is 2. The second kappa shape index (κ2) is 7.68. The largest absolute Gasteiger partial charge is 0.322 e. The Labute approximate surface area is 158 Å². The van der Waals surface area contributed by atoms with Gasteiger partial charge in [-0.05, 0) is 48.0 Å². The second-order valence-electron chi connectivity index (χ2n) is 5.41. The molecule has 0 fully saturated rings. The highest BCUT2D eigenvalue weighted by molar-refractivity contribution is 9.10. The highest BCUT2D eigenvalue weighted by Crippen LogP contribution is 2.16. The SMILES string of the molecule is O=C(Nc1ccc(Br)cc1)c1cccn(Cc2ccccc2Cl)c1=O. The number of amides is 1.